The van der Waals surface area contributed by atoms with Crippen molar-refractivity contribution in [1.82, 2.24) is 15.1 Å². The molecule has 1 atom stereocenters. The van der Waals surface area contributed by atoms with Gasteiger partial charge in [-0.05, 0) is 24.3 Å². The summed E-state index contributed by atoms with van der Waals surface area (Å²) in [5.41, 5.74) is 0.552. The van der Waals surface area contributed by atoms with Crippen LogP contribution < -0.4 is 4.74 Å². The lowest BCUT2D eigenvalue weighted by atomic mass is 10.1. The van der Waals surface area contributed by atoms with Gasteiger partial charge in [-0.2, -0.15) is 5.10 Å². The minimum atomic E-state index is -2.15. The van der Waals surface area contributed by atoms with Crippen LogP contribution in [-0.2, 0) is 11.3 Å². The first-order chi connectivity index (χ1) is 11.0. The topological polar surface area (TPSA) is 78.5 Å². The van der Waals surface area contributed by atoms with E-state index in [1.807, 2.05) is 24.3 Å². The predicted octanol–water partition coefficient (Wildman–Crippen LogP) is 2.08. The van der Waals surface area contributed by atoms with Crippen LogP contribution in [0, 0.1) is 0 Å². The number of halogens is 1. The van der Waals surface area contributed by atoms with Crippen molar-refractivity contribution in [2.75, 3.05) is 20.2 Å². The molecule has 0 amide bonds. The second kappa shape index (κ2) is 6.00. The van der Waals surface area contributed by atoms with Gasteiger partial charge in [0.2, 0.25) is 5.67 Å². The maximum absolute atomic E-state index is 14.1. The van der Waals surface area contributed by atoms with Crippen LogP contribution in [-0.4, -0.2) is 52.0 Å². The number of rotatable bonds is 5. The van der Waals surface area contributed by atoms with Crippen molar-refractivity contribution in [3.63, 3.8) is 0 Å². The molecule has 1 aromatic heterocycles. The molecule has 3 rings (SSSR count). The Bertz CT molecular complexity index is 701. The quantitative estimate of drug-likeness (QED) is 0.882. The van der Waals surface area contributed by atoms with Gasteiger partial charge in [-0.3, -0.25) is 10.00 Å². The number of likely N-dealkylation sites (tertiary alicyclic amines) is 1. The van der Waals surface area contributed by atoms with E-state index >= 15 is 0 Å². The molecular weight excluding hydrogens is 301 g/mol. The average Bonchev–Trinajstić information content (AvgIpc) is 3.16. The number of carboxylic acids is 1. The van der Waals surface area contributed by atoms with Crippen LogP contribution in [0.15, 0.2) is 30.5 Å². The van der Waals surface area contributed by atoms with Crippen molar-refractivity contribution in [2.45, 2.75) is 18.6 Å². The fraction of sp³-hybridized carbons (Fsp3) is 0.375. The van der Waals surface area contributed by atoms with Gasteiger partial charge in [-0.15, -0.1) is 0 Å². The van der Waals surface area contributed by atoms with E-state index in [1.54, 1.807) is 18.2 Å². The van der Waals surface area contributed by atoms with Crippen LogP contribution in [0.5, 0.6) is 5.75 Å². The maximum Gasteiger partial charge on any atom is 0.342 e. The van der Waals surface area contributed by atoms with Crippen molar-refractivity contribution in [3.8, 4) is 17.0 Å². The summed E-state index contributed by atoms with van der Waals surface area (Å²) < 4.78 is 19.3. The molecule has 0 saturated carbocycles. The molecule has 122 valence electrons. The first kappa shape index (κ1) is 15.5. The second-order valence-electron chi connectivity index (χ2n) is 5.73. The number of carboxylic acid groups (broad SMARTS) is 1. The zero-order valence-electron chi connectivity index (χ0n) is 12.8. The van der Waals surface area contributed by atoms with Crippen LogP contribution in [0.25, 0.3) is 11.3 Å². The third-order valence-corrected chi connectivity index (χ3v) is 4.17. The highest BCUT2D eigenvalue weighted by atomic mass is 19.1. The Kier molecular flexibility index (Phi) is 4.04. The average molecular weight is 319 g/mol. The summed E-state index contributed by atoms with van der Waals surface area (Å²) in [5.74, 6) is -0.624. The van der Waals surface area contributed by atoms with E-state index in [-0.39, 0.29) is 13.0 Å². The Hall–Kier alpha value is -2.41. The highest BCUT2D eigenvalue weighted by Crippen LogP contribution is 2.29. The van der Waals surface area contributed by atoms with Crippen LogP contribution in [0.4, 0.5) is 4.39 Å². The van der Waals surface area contributed by atoms with Gasteiger partial charge in [0.15, 0.2) is 0 Å². The summed E-state index contributed by atoms with van der Waals surface area (Å²) in [6, 6.07) is 7.53. The number of H-pyrrole nitrogens is 1. The van der Waals surface area contributed by atoms with Crippen LogP contribution in [0.2, 0.25) is 0 Å². The van der Waals surface area contributed by atoms with E-state index in [9.17, 15) is 9.18 Å². The lowest BCUT2D eigenvalue weighted by Gasteiger charge is -2.17. The zero-order chi connectivity index (χ0) is 16.4. The van der Waals surface area contributed by atoms with Crippen molar-refractivity contribution in [2.24, 2.45) is 0 Å². The van der Waals surface area contributed by atoms with E-state index in [0.717, 1.165) is 22.6 Å². The third-order valence-electron chi connectivity index (χ3n) is 4.17. The van der Waals surface area contributed by atoms with Gasteiger partial charge in [0, 0.05) is 37.2 Å². The van der Waals surface area contributed by atoms with Crippen LogP contribution >= 0.6 is 0 Å². The Balaban J connectivity index is 1.75. The standard InChI is InChI=1S/C16H18FN3O3/c1-23-13-4-2-11(3-5-13)14-12(8-18-19-14)9-20-7-6-16(17,10-20)15(21)22/h2-5,8H,6-7,9-10H2,1H3,(H,18,19)(H,21,22)/t16-/m0/s1. The number of carbonyl (C=O) groups is 1. The number of aliphatic carboxylic acids is 1. The fourth-order valence-corrected chi connectivity index (χ4v) is 2.84. The summed E-state index contributed by atoms with van der Waals surface area (Å²) >= 11 is 0. The molecule has 0 unspecified atom stereocenters. The number of aromatic nitrogens is 2. The fourth-order valence-electron chi connectivity index (χ4n) is 2.84. The largest absolute Gasteiger partial charge is 0.497 e. The third kappa shape index (κ3) is 3.05. The lowest BCUT2D eigenvalue weighted by molar-refractivity contribution is -0.149. The van der Waals surface area contributed by atoms with Gasteiger partial charge >= 0.3 is 5.97 Å². The smallest absolute Gasteiger partial charge is 0.342 e. The van der Waals surface area contributed by atoms with Gasteiger partial charge in [0.25, 0.3) is 0 Å². The van der Waals surface area contributed by atoms with Gasteiger partial charge in [-0.25, -0.2) is 9.18 Å². The normalized spacial score (nSPS) is 21.5. The van der Waals surface area contributed by atoms with E-state index in [2.05, 4.69) is 10.2 Å². The summed E-state index contributed by atoms with van der Waals surface area (Å²) in [4.78, 5) is 12.8. The molecule has 0 spiro atoms. The molecule has 1 saturated heterocycles. The highest BCUT2D eigenvalue weighted by molar-refractivity contribution is 5.78. The molecule has 0 radical (unpaired) electrons. The molecule has 2 aromatic rings. The highest BCUT2D eigenvalue weighted by Gasteiger charge is 2.45. The predicted molar refractivity (Wildman–Crippen MR) is 81.9 cm³/mol. The van der Waals surface area contributed by atoms with E-state index in [0.29, 0.717) is 13.1 Å². The molecule has 0 bridgehead atoms. The summed E-state index contributed by atoms with van der Waals surface area (Å²) in [6.45, 7) is 0.766. The van der Waals surface area contributed by atoms with E-state index in [4.69, 9.17) is 9.84 Å². The van der Waals surface area contributed by atoms with E-state index < -0.39 is 11.6 Å². The molecule has 1 aromatic carbocycles. The molecule has 23 heavy (non-hydrogen) atoms. The van der Waals surface area contributed by atoms with Crippen molar-refractivity contribution >= 4 is 5.97 Å². The van der Waals surface area contributed by atoms with Gasteiger partial charge in [0.05, 0.1) is 19.0 Å². The molecule has 1 aliphatic heterocycles. The van der Waals surface area contributed by atoms with Gasteiger partial charge < -0.3 is 9.84 Å². The Morgan fingerprint density at radius 2 is 2.22 bits per heavy atom. The molecule has 1 fully saturated rings. The number of nitrogens with one attached hydrogen (secondary N) is 1. The molecule has 2 N–H and O–H groups in total. The van der Waals surface area contributed by atoms with E-state index in [1.165, 1.54) is 0 Å². The molecule has 0 aliphatic carbocycles. The number of hydrogen-bond acceptors (Lipinski definition) is 4. The summed E-state index contributed by atoms with van der Waals surface area (Å²) in [5, 5.41) is 16.0. The lowest BCUT2D eigenvalue weighted by Crippen LogP contribution is -2.36. The van der Waals surface area contributed by atoms with Crippen molar-refractivity contribution in [3.05, 3.63) is 36.0 Å². The minimum absolute atomic E-state index is 0.0120. The second-order valence-corrected chi connectivity index (χ2v) is 5.73. The minimum Gasteiger partial charge on any atom is -0.497 e. The number of methoxy groups -OCH3 is 1. The Morgan fingerprint density at radius 1 is 1.48 bits per heavy atom. The van der Waals surface area contributed by atoms with Crippen LogP contribution in [0.3, 0.4) is 0 Å². The van der Waals surface area contributed by atoms with Crippen molar-refractivity contribution in [1.29, 1.82) is 0 Å². The van der Waals surface area contributed by atoms with Crippen LogP contribution in [0.1, 0.15) is 12.0 Å². The van der Waals surface area contributed by atoms with Crippen molar-refractivity contribution < 1.29 is 19.0 Å². The number of nitrogens with zero attached hydrogens (tertiary/aromatic N) is 2. The first-order valence-corrected chi connectivity index (χ1v) is 7.33. The number of hydrogen-bond donors (Lipinski definition) is 2. The molecule has 6 nitrogen and oxygen atoms in total. The monoisotopic (exact) mass is 319 g/mol. The SMILES string of the molecule is COc1ccc(-c2[nH]ncc2CN2CC[C@@](F)(C(=O)O)C2)cc1. The molecular formula is C16H18FN3O3. The molecule has 1 aliphatic rings. The number of benzene rings is 1. The number of aromatic amines is 1. The molecule has 7 heteroatoms. The number of ether oxygens (including phenoxy) is 1. The molecule has 2 heterocycles. The zero-order valence-corrected chi connectivity index (χ0v) is 12.8. The Labute approximate surface area is 132 Å². The first-order valence-electron chi connectivity index (χ1n) is 7.33. The summed E-state index contributed by atoms with van der Waals surface area (Å²) in [6.07, 6.45) is 1.70. The summed E-state index contributed by atoms with van der Waals surface area (Å²) in [7, 11) is 1.61. The Morgan fingerprint density at radius 3 is 2.83 bits per heavy atom. The maximum atomic E-state index is 14.1. The van der Waals surface area contributed by atoms with Gasteiger partial charge in [-0.1, -0.05) is 0 Å². The number of alkyl halides is 1. The van der Waals surface area contributed by atoms with Gasteiger partial charge in [0.1, 0.15) is 5.75 Å².